The highest BCUT2D eigenvalue weighted by atomic mass is 35.5. The van der Waals surface area contributed by atoms with Crippen molar-refractivity contribution < 1.29 is 19.1 Å². The molecule has 0 heterocycles. The number of nitrogens with one attached hydrogen (secondary N) is 1. The molecule has 0 aliphatic rings. The highest BCUT2D eigenvalue weighted by Crippen LogP contribution is 2.24. The maximum Gasteiger partial charge on any atom is 0.339 e. The lowest BCUT2D eigenvalue weighted by Crippen LogP contribution is -2.16. The number of esters is 1. The first-order valence-corrected chi connectivity index (χ1v) is 10.8. The number of benzene rings is 3. The van der Waals surface area contributed by atoms with Crippen LogP contribution in [0.4, 0.5) is 5.69 Å². The maximum absolute atomic E-state index is 12.5. The summed E-state index contributed by atoms with van der Waals surface area (Å²) in [6, 6.07) is 20.7. The molecule has 0 spiro atoms. The van der Waals surface area contributed by atoms with E-state index in [1.165, 1.54) is 11.8 Å². The van der Waals surface area contributed by atoms with Crippen molar-refractivity contribution in [3.05, 3.63) is 94.5 Å². The number of ketones is 1. The van der Waals surface area contributed by atoms with E-state index >= 15 is 0 Å². The number of thioether (sulfide) groups is 1. The van der Waals surface area contributed by atoms with Crippen LogP contribution in [0.1, 0.15) is 26.3 Å². The van der Waals surface area contributed by atoms with Crippen molar-refractivity contribution in [1.29, 1.82) is 0 Å². The van der Waals surface area contributed by atoms with E-state index in [2.05, 4.69) is 5.32 Å². The molecule has 0 bridgehead atoms. The van der Waals surface area contributed by atoms with Gasteiger partial charge in [0.2, 0.25) is 5.91 Å². The summed E-state index contributed by atoms with van der Waals surface area (Å²) in [6.07, 6.45) is 0. The number of ether oxygens (including phenoxy) is 1. The standard InChI is InChI=1S/C24H20ClNO4S/c1-16-6-12-19(13-7-16)26-23(28)15-31-22-5-3-2-4-20(22)24(29)30-14-21(27)17-8-10-18(25)11-9-17/h2-13H,14-15H2,1H3,(H,26,28). The molecule has 3 rings (SSSR count). The molecule has 5 nitrogen and oxygen atoms in total. The molecule has 1 N–H and O–H groups in total. The molecule has 3 aromatic rings. The summed E-state index contributed by atoms with van der Waals surface area (Å²) in [5, 5.41) is 3.34. The molecular formula is C24H20ClNO4S. The minimum Gasteiger partial charge on any atom is -0.454 e. The van der Waals surface area contributed by atoms with Crippen LogP contribution in [-0.4, -0.2) is 30.0 Å². The predicted molar refractivity (Wildman–Crippen MR) is 123 cm³/mol. The molecule has 0 radical (unpaired) electrons. The van der Waals surface area contributed by atoms with Gasteiger partial charge in [0, 0.05) is 21.2 Å². The number of aryl methyl sites for hydroxylation is 1. The first-order valence-electron chi connectivity index (χ1n) is 9.46. The van der Waals surface area contributed by atoms with Gasteiger partial charge in [-0.05, 0) is 55.5 Å². The lowest BCUT2D eigenvalue weighted by molar-refractivity contribution is -0.113. The third-order valence-electron chi connectivity index (χ3n) is 4.30. The van der Waals surface area contributed by atoms with Crippen molar-refractivity contribution in [3.63, 3.8) is 0 Å². The Hall–Kier alpha value is -3.09. The quantitative estimate of drug-likeness (QED) is 0.280. The number of Topliss-reactive ketones (excluding diaryl/α,β-unsaturated/α-hetero) is 1. The molecule has 0 atom stereocenters. The molecule has 7 heteroatoms. The molecular weight excluding hydrogens is 434 g/mol. The molecule has 0 aromatic heterocycles. The van der Waals surface area contributed by atoms with Crippen molar-refractivity contribution in [2.75, 3.05) is 17.7 Å². The maximum atomic E-state index is 12.5. The Bertz CT molecular complexity index is 1080. The summed E-state index contributed by atoms with van der Waals surface area (Å²) < 4.78 is 5.19. The zero-order chi connectivity index (χ0) is 22.2. The van der Waals surface area contributed by atoms with Crippen LogP contribution in [0, 0.1) is 6.92 Å². The molecule has 3 aromatic carbocycles. The summed E-state index contributed by atoms with van der Waals surface area (Å²) in [5.74, 6) is -1.01. The van der Waals surface area contributed by atoms with E-state index in [1.807, 2.05) is 31.2 Å². The van der Waals surface area contributed by atoms with Gasteiger partial charge in [0.15, 0.2) is 12.4 Å². The Labute approximate surface area is 189 Å². The fraction of sp³-hybridized carbons (Fsp3) is 0.125. The van der Waals surface area contributed by atoms with Gasteiger partial charge in [-0.1, -0.05) is 41.4 Å². The van der Waals surface area contributed by atoms with Crippen LogP contribution in [0.25, 0.3) is 0 Å². The number of amides is 1. The van der Waals surface area contributed by atoms with Gasteiger partial charge in [-0.3, -0.25) is 9.59 Å². The van der Waals surface area contributed by atoms with Crippen molar-refractivity contribution in [2.45, 2.75) is 11.8 Å². The van der Waals surface area contributed by atoms with Crippen molar-refractivity contribution >= 4 is 46.7 Å². The van der Waals surface area contributed by atoms with Crippen LogP contribution in [0.3, 0.4) is 0 Å². The number of carbonyl (C=O) groups is 3. The second-order valence-electron chi connectivity index (χ2n) is 6.71. The van der Waals surface area contributed by atoms with Crippen LogP contribution in [0.15, 0.2) is 77.7 Å². The molecule has 158 valence electrons. The van der Waals surface area contributed by atoms with Gasteiger partial charge >= 0.3 is 5.97 Å². The first kappa shape index (κ1) is 22.6. The SMILES string of the molecule is Cc1ccc(NC(=O)CSc2ccccc2C(=O)OCC(=O)c2ccc(Cl)cc2)cc1. The summed E-state index contributed by atoms with van der Waals surface area (Å²) in [4.78, 5) is 37.6. The Morgan fingerprint density at radius 2 is 1.61 bits per heavy atom. The summed E-state index contributed by atoms with van der Waals surface area (Å²) in [7, 11) is 0. The minimum absolute atomic E-state index is 0.127. The second kappa shape index (κ2) is 10.8. The molecule has 0 unspecified atom stereocenters. The van der Waals surface area contributed by atoms with Gasteiger partial charge < -0.3 is 10.1 Å². The number of halogens is 1. The fourth-order valence-electron chi connectivity index (χ4n) is 2.67. The topological polar surface area (TPSA) is 72.5 Å². The average molecular weight is 454 g/mol. The van der Waals surface area contributed by atoms with Crippen molar-refractivity contribution in [2.24, 2.45) is 0 Å². The Morgan fingerprint density at radius 1 is 0.935 bits per heavy atom. The van der Waals surface area contributed by atoms with Gasteiger partial charge in [-0.2, -0.15) is 0 Å². The number of hydrogen-bond donors (Lipinski definition) is 1. The lowest BCUT2D eigenvalue weighted by Gasteiger charge is -2.10. The van der Waals surface area contributed by atoms with Crippen LogP contribution < -0.4 is 5.32 Å². The Balaban J connectivity index is 1.56. The number of anilines is 1. The lowest BCUT2D eigenvalue weighted by atomic mass is 10.1. The van der Waals surface area contributed by atoms with E-state index in [4.69, 9.17) is 16.3 Å². The molecule has 31 heavy (non-hydrogen) atoms. The monoisotopic (exact) mass is 453 g/mol. The van der Waals surface area contributed by atoms with Gasteiger partial charge in [-0.25, -0.2) is 4.79 Å². The minimum atomic E-state index is -0.621. The molecule has 1 amide bonds. The normalized spacial score (nSPS) is 10.4. The fourth-order valence-corrected chi connectivity index (χ4v) is 3.63. The van der Waals surface area contributed by atoms with Crippen LogP contribution in [0.5, 0.6) is 0 Å². The number of carbonyl (C=O) groups excluding carboxylic acids is 3. The molecule has 0 aliphatic heterocycles. The van der Waals surface area contributed by atoms with E-state index in [9.17, 15) is 14.4 Å². The van der Waals surface area contributed by atoms with E-state index < -0.39 is 5.97 Å². The molecule has 0 saturated heterocycles. The van der Waals surface area contributed by atoms with Crippen molar-refractivity contribution in [1.82, 2.24) is 0 Å². The van der Waals surface area contributed by atoms with Gasteiger partial charge in [0.1, 0.15) is 0 Å². The van der Waals surface area contributed by atoms with E-state index in [1.54, 1.807) is 48.5 Å². The second-order valence-corrected chi connectivity index (χ2v) is 8.16. The van der Waals surface area contributed by atoms with Crippen LogP contribution in [-0.2, 0) is 9.53 Å². The van der Waals surface area contributed by atoms with Crippen LogP contribution >= 0.6 is 23.4 Å². The van der Waals surface area contributed by atoms with E-state index in [0.717, 1.165) is 5.56 Å². The summed E-state index contributed by atoms with van der Waals surface area (Å²) in [6.45, 7) is 1.59. The van der Waals surface area contributed by atoms with Crippen LogP contribution in [0.2, 0.25) is 5.02 Å². The number of rotatable bonds is 8. The molecule has 0 fully saturated rings. The zero-order valence-corrected chi connectivity index (χ0v) is 18.3. The molecule has 0 saturated carbocycles. The Kier molecular flexibility index (Phi) is 7.87. The summed E-state index contributed by atoms with van der Waals surface area (Å²) >= 11 is 7.04. The van der Waals surface area contributed by atoms with E-state index in [0.29, 0.717) is 26.7 Å². The summed E-state index contributed by atoms with van der Waals surface area (Å²) in [5.41, 5.74) is 2.53. The Morgan fingerprint density at radius 3 is 2.32 bits per heavy atom. The third-order valence-corrected chi connectivity index (χ3v) is 5.63. The van der Waals surface area contributed by atoms with Gasteiger partial charge in [0.25, 0.3) is 0 Å². The highest BCUT2D eigenvalue weighted by Gasteiger charge is 2.16. The van der Waals surface area contributed by atoms with Gasteiger partial charge in [0.05, 0.1) is 11.3 Å². The first-order chi connectivity index (χ1) is 14.9. The molecule has 0 aliphatic carbocycles. The van der Waals surface area contributed by atoms with Crippen molar-refractivity contribution in [3.8, 4) is 0 Å². The largest absolute Gasteiger partial charge is 0.454 e. The smallest absolute Gasteiger partial charge is 0.339 e. The zero-order valence-electron chi connectivity index (χ0n) is 16.8. The third kappa shape index (κ3) is 6.70. The van der Waals surface area contributed by atoms with Gasteiger partial charge in [-0.15, -0.1) is 11.8 Å². The highest BCUT2D eigenvalue weighted by molar-refractivity contribution is 8.00. The van der Waals surface area contributed by atoms with E-state index in [-0.39, 0.29) is 24.1 Å². The predicted octanol–water partition coefficient (Wildman–Crippen LogP) is 5.42. The number of hydrogen-bond acceptors (Lipinski definition) is 5. The average Bonchev–Trinajstić information content (AvgIpc) is 2.78.